The summed E-state index contributed by atoms with van der Waals surface area (Å²) in [6.45, 7) is 2.48. The summed E-state index contributed by atoms with van der Waals surface area (Å²) in [6, 6.07) is 29.9. The SMILES string of the molecule is C[C@@H](/C=C/CCn1cc(C(CO)c2ccccc2)nn1)[C@]1(O)C(=O)N(Cc2cccc(-n3ncc4ccccc4c3=O)c2)c2ccc(Br)cc21. The predicted molar refractivity (Wildman–Crippen MR) is 195 cm³/mol. The lowest BCUT2D eigenvalue weighted by Crippen LogP contribution is -2.44. The monoisotopic (exact) mass is 730 g/mol. The number of carbonyl (C=O) groups is 1. The lowest BCUT2D eigenvalue weighted by molar-refractivity contribution is -0.139. The van der Waals surface area contributed by atoms with Gasteiger partial charge in [0.1, 0.15) is 0 Å². The summed E-state index contributed by atoms with van der Waals surface area (Å²) in [6.07, 6.45) is 7.90. The molecular weight excluding hydrogens is 696 g/mol. The molecule has 0 saturated carbocycles. The van der Waals surface area contributed by atoms with E-state index in [0.717, 1.165) is 21.0 Å². The minimum Gasteiger partial charge on any atom is -0.395 e. The Hall–Kier alpha value is -5.23. The number of nitrogens with zero attached hydrogens (tertiary/aromatic N) is 6. The molecular formula is C39H35BrN6O4. The van der Waals surface area contributed by atoms with Crippen LogP contribution in [0, 0.1) is 5.92 Å². The highest BCUT2D eigenvalue weighted by molar-refractivity contribution is 9.10. The van der Waals surface area contributed by atoms with Crippen LogP contribution in [0.25, 0.3) is 16.5 Å². The number of hydrogen-bond donors (Lipinski definition) is 2. The fraction of sp³-hybridized carbons (Fsp3) is 0.205. The van der Waals surface area contributed by atoms with Crippen LogP contribution in [-0.4, -0.2) is 47.5 Å². The van der Waals surface area contributed by atoms with E-state index in [-0.39, 0.29) is 24.6 Å². The molecule has 3 atom stereocenters. The number of halogens is 1. The average Bonchev–Trinajstić information content (AvgIpc) is 3.68. The number of anilines is 1. The smallest absolute Gasteiger partial charge is 0.279 e. The van der Waals surface area contributed by atoms with Crippen molar-refractivity contribution in [2.24, 2.45) is 5.92 Å². The third kappa shape index (κ3) is 6.19. The van der Waals surface area contributed by atoms with Crippen LogP contribution < -0.4 is 10.5 Å². The lowest BCUT2D eigenvalue weighted by Gasteiger charge is -2.28. The second-order valence-corrected chi connectivity index (χ2v) is 13.4. The number of hydrogen-bond acceptors (Lipinski definition) is 7. The number of aliphatic hydroxyl groups is 2. The number of fused-ring (bicyclic) bond motifs is 2. The first-order valence-electron chi connectivity index (χ1n) is 16.4. The van der Waals surface area contributed by atoms with E-state index in [1.54, 1.807) is 34.0 Å². The van der Waals surface area contributed by atoms with Crippen LogP contribution in [0.15, 0.2) is 131 Å². The Morgan fingerprint density at radius 1 is 0.960 bits per heavy atom. The Morgan fingerprint density at radius 3 is 2.58 bits per heavy atom. The van der Waals surface area contributed by atoms with E-state index in [9.17, 15) is 19.8 Å². The first-order valence-corrected chi connectivity index (χ1v) is 17.2. The summed E-state index contributed by atoms with van der Waals surface area (Å²) in [7, 11) is 0. The van der Waals surface area contributed by atoms with Crippen molar-refractivity contribution < 1.29 is 15.0 Å². The Kier molecular flexibility index (Phi) is 9.28. The molecule has 0 bridgehead atoms. The van der Waals surface area contributed by atoms with Crippen molar-refractivity contribution in [1.82, 2.24) is 24.8 Å². The summed E-state index contributed by atoms with van der Waals surface area (Å²) < 4.78 is 3.85. The van der Waals surface area contributed by atoms with Gasteiger partial charge in [0.05, 0.1) is 47.7 Å². The third-order valence-electron chi connectivity index (χ3n) is 9.33. The van der Waals surface area contributed by atoms with Crippen molar-refractivity contribution >= 4 is 38.3 Å². The van der Waals surface area contributed by atoms with Gasteiger partial charge in [-0.05, 0) is 53.9 Å². The molecule has 4 aromatic carbocycles. The fourth-order valence-electron chi connectivity index (χ4n) is 6.60. The minimum absolute atomic E-state index is 0.0749. The summed E-state index contributed by atoms with van der Waals surface area (Å²) in [5, 5.41) is 36.4. The quantitative estimate of drug-likeness (QED) is 0.160. The Bertz CT molecular complexity index is 2270. The zero-order valence-electron chi connectivity index (χ0n) is 27.3. The van der Waals surface area contributed by atoms with Gasteiger partial charge in [0.25, 0.3) is 11.5 Å². The molecule has 1 aliphatic heterocycles. The van der Waals surface area contributed by atoms with Gasteiger partial charge in [-0.1, -0.05) is 101 Å². The van der Waals surface area contributed by atoms with E-state index in [1.807, 2.05) is 104 Å². The van der Waals surface area contributed by atoms with E-state index in [0.29, 0.717) is 41.0 Å². The van der Waals surface area contributed by atoms with Gasteiger partial charge in [-0.2, -0.15) is 9.78 Å². The molecule has 1 unspecified atom stereocenters. The number of allylic oxidation sites excluding steroid dienone is 1. The predicted octanol–water partition coefficient (Wildman–Crippen LogP) is 5.88. The molecule has 0 fully saturated rings. The van der Waals surface area contributed by atoms with Crippen molar-refractivity contribution in [3.8, 4) is 5.69 Å². The number of amides is 1. The maximum absolute atomic E-state index is 14.2. The molecule has 0 spiro atoms. The normalized spacial score (nSPS) is 17.0. The molecule has 7 rings (SSSR count). The average molecular weight is 732 g/mol. The first kappa shape index (κ1) is 33.3. The van der Waals surface area contributed by atoms with E-state index in [1.165, 1.54) is 4.68 Å². The maximum atomic E-state index is 14.2. The molecule has 3 heterocycles. The molecule has 252 valence electrons. The second kappa shape index (κ2) is 13.9. The second-order valence-electron chi connectivity index (χ2n) is 12.5. The van der Waals surface area contributed by atoms with E-state index < -0.39 is 17.4 Å². The molecule has 1 amide bonds. The van der Waals surface area contributed by atoms with Gasteiger partial charge in [0.15, 0.2) is 5.60 Å². The van der Waals surface area contributed by atoms with Gasteiger partial charge in [-0.25, -0.2) is 0 Å². The molecule has 6 aromatic rings. The van der Waals surface area contributed by atoms with Crippen molar-refractivity contribution in [2.45, 2.75) is 38.0 Å². The van der Waals surface area contributed by atoms with Gasteiger partial charge in [0.2, 0.25) is 0 Å². The summed E-state index contributed by atoms with van der Waals surface area (Å²) in [5.41, 5.74) is 2.14. The number of carbonyl (C=O) groups excluding carboxylic acids is 1. The molecule has 11 heteroatoms. The van der Waals surface area contributed by atoms with E-state index in [4.69, 9.17) is 0 Å². The van der Waals surface area contributed by atoms with Crippen LogP contribution in [0.3, 0.4) is 0 Å². The highest BCUT2D eigenvalue weighted by atomic mass is 79.9. The lowest BCUT2D eigenvalue weighted by atomic mass is 9.83. The van der Waals surface area contributed by atoms with E-state index in [2.05, 4.69) is 31.3 Å². The Balaban J connectivity index is 1.08. The number of aryl methyl sites for hydroxylation is 1. The van der Waals surface area contributed by atoms with Crippen LogP contribution in [0.4, 0.5) is 5.69 Å². The minimum atomic E-state index is -1.80. The molecule has 0 aliphatic carbocycles. The highest BCUT2D eigenvalue weighted by Gasteiger charge is 2.52. The molecule has 0 saturated heterocycles. The number of aromatic nitrogens is 5. The fourth-order valence-corrected chi connectivity index (χ4v) is 6.97. The zero-order valence-corrected chi connectivity index (χ0v) is 28.9. The van der Waals surface area contributed by atoms with Crippen LogP contribution in [0.2, 0.25) is 0 Å². The first-order chi connectivity index (χ1) is 24.3. The number of rotatable bonds is 11. The molecule has 10 nitrogen and oxygen atoms in total. The van der Waals surface area contributed by atoms with Gasteiger partial charge < -0.3 is 15.1 Å². The van der Waals surface area contributed by atoms with Gasteiger partial charge >= 0.3 is 0 Å². The van der Waals surface area contributed by atoms with Crippen molar-refractivity contribution in [3.05, 3.63) is 159 Å². The summed E-state index contributed by atoms with van der Waals surface area (Å²) in [4.78, 5) is 29.0. The molecule has 0 radical (unpaired) electrons. The van der Waals surface area contributed by atoms with Crippen molar-refractivity contribution in [1.29, 1.82) is 0 Å². The van der Waals surface area contributed by atoms with Gasteiger partial charge in [-0.15, -0.1) is 5.10 Å². The van der Waals surface area contributed by atoms with E-state index >= 15 is 0 Å². The maximum Gasteiger partial charge on any atom is 0.279 e. The molecule has 2 aromatic heterocycles. The van der Waals surface area contributed by atoms with Crippen LogP contribution in [0.5, 0.6) is 0 Å². The van der Waals surface area contributed by atoms with Crippen molar-refractivity contribution in [2.75, 3.05) is 11.5 Å². The molecule has 2 N–H and O–H groups in total. The number of aliphatic hydroxyl groups excluding tert-OH is 1. The Morgan fingerprint density at radius 2 is 1.76 bits per heavy atom. The van der Waals surface area contributed by atoms with Gasteiger partial charge in [0, 0.05) is 34.1 Å². The zero-order chi connectivity index (χ0) is 34.8. The topological polar surface area (TPSA) is 126 Å². The summed E-state index contributed by atoms with van der Waals surface area (Å²) >= 11 is 3.52. The van der Waals surface area contributed by atoms with Crippen LogP contribution in [0.1, 0.15) is 41.6 Å². The number of benzene rings is 4. The summed E-state index contributed by atoms with van der Waals surface area (Å²) in [5.74, 6) is -1.24. The standard InChI is InChI=1S/C39H35BrN6O4/c1-26(10-7-8-19-44-24-35(42-43-44)33(25-47)28-12-3-2-4-13-28)39(50)34-21-30(40)17-18-36(34)45(38(39)49)23-27-11-9-15-31(20-27)46-37(48)32-16-6-5-14-29(32)22-41-46/h2-7,9-18,20-22,24,26,33,47,50H,8,19,23,25H2,1H3/b10-7+/t26-,33?,39+/m0/s1. The van der Waals surface area contributed by atoms with Crippen LogP contribution >= 0.6 is 15.9 Å². The Labute approximate surface area is 297 Å². The molecule has 50 heavy (non-hydrogen) atoms. The highest BCUT2D eigenvalue weighted by Crippen LogP contribution is 2.46. The third-order valence-corrected chi connectivity index (χ3v) is 9.82. The molecule has 1 aliphatic rings. The largest absolute Gasteiger partial charge is 0.395 e. The van der Waals surface area contributed by atoms with Crippen LogP contribution in [-0.2, 0) is 23.5 Å². The van der Waals surface area contributed by atoms with Gasteiger partial charge in [-0.3, -0.25) is 14.3 Å². The van der Waals surface area contributed by atoms with Crippen molar-refractivity contribution in [3.63, 3.8) is 0 Å².